The molecule has 1 atom stereocenters. The Kier molecular flexibility index (Phi) is 3.10. The molecule has 0 aliphatic carbocycles. The predicted molar refractivity (Wildman–Crippen MR) is 67.7 cm³/mol. The van der Waals surface area contributed by atoms with E-state index in [9.17, 15) is 4.79 Å². The molecule has 90 valence electrons. The number of amides is 1. The zero-order valence-electron chi connectivity index (χ0n) is 9.95. The molecule has 0 bridgehead atoms. The minimum Gasteiger partial charge on any atom is -0.342 e. The third-order valence-corrected chi connectivity index (χ3v) is 2.64. The van der Waals surface area contributed by atoms with Gasteiger partial charge in [0, 0.05) is 5.69 Å². The summed E-state index contributed by atoms with van der Waals surface area (Å²) in [6.07, 6.45) is 0.622. The largest absolute Gasteiger partial charge is 0.342 e. The molecule has 17 heavy (non-hydrogen) atoms. The number of aryl methyl sites for hydroxylation is 1. The van der Waals surface area contributed by atoms with Gasteiger partial charge in [-0.3, -0.25) is 4.79 Å². The minimum atomic E-state index is -0.464. The Labute approximate surface area is 99.4 Å². The average Bonchev–Trinajstić information content (AvgIpc) is 2.67. The summed E-state index contributed by atoms with van der Waals surface area (Å²) in [4.78, 5) is 19.0. The average molecular weight is 232 g/mol. The van der Waals surface area contributed by atoms with E-state index in [4.69, 9.17) is 5.73 Å². The lowest BCUT2D eigenvalue weighted by atomic mass is 10.2. The third kappa shape index (κ3) is 2.45. The number of fused-ring (bicyclic) bond motifs is 1. The van der Waals surface area contributed by atoms with Crippen LogP contribution in [-0.2, 0) is 4.79 Å². The van der Waals surface area contributed by atoms with Crippen LogP contribution in [0, 0.1) is 6.92 Å². The van der Waals surface area contributed by atoms with Crippen molar-refractivity contribution in [3.8, 4) is 0 Å². The Morgan fingerprint density at radius 2 is 2.35 bits per heavy atom. The Balaban J connectivity index is 2.22. The molecular formula is C12H16N4O. The molecule has 1 heterocycles. The molecular weight excluding hydrogens is 216 g/mol. The van der Waals surface area contributed by atoms with E-state index in [1.807, 2.05) is 32.0 Å². The topological polar surface area (TPSA) is 83.8 Å². The lowest BCUT2D eigenvalue weighted by molar-refractivity contribution is -0.117. The van der Waals surface area contributed by atoms with Crippen molar-refractivity contribution in [1.82, 2.24) is 9.97 Å². The van der Waals surface area contributed by atoms with Gasteiger partial charge in [0.15, 0.2) is 0 Å². The van der Waals surface area contributed by atoms with Crippen LogP contribution in [0.25, 0.3) is 11.0 Å². The van der Waals surface area contributed by atoms with Gasteiger partial charge in [-0.1, -0.05) is 6.92 Å². The van der Waals surface area contributed by atoms with E-state index < -0.39 is 6.04 Å². The molecule has 0 spiro atoms. The van der Waals surface area contributed by atoms with Gasteiger partial charge in [0.1, 0.15) is 5.82 Å². The van der Waals surface area contributed by atoms with Gasteiger partial charge in [-0.15, -0.1) is 0 Å². The van der Waals surface area contributed by atoms with E-state index in [-0.39, 0.29) is 5.91 Å². The molecule has 0 fully saturated rings. The molecule has 4 N–H and O–H groups in total. The maximum atomic E-state index is 11.6. The van der Waals surface area contributed by atoms with Crippen LogP contribution in [0.2, 0.25) is 0 Å². The van der Waals surface area contributed by atoms with Crippen molar-refractivity contribution in [3.63, 3.8) is 0 Å². The van der Waals surface area contributed by atoms with Crippen molar-refractivity contribution >= 4 is 22.6 Å². The molecule has 2 rings (SSSR count). The first-order chi connectivity index (χ1) is 8.10. The first-order valence-electron chi connectivity index (χ1n) is 5.63. The van der Waals surface area contributed by atoms with Crippen LogP contribution < -0.4 is 11.1 Å². The van der Waals surface area contributed by atoms with Gasteiger partial charge < -0.3 is 16.0 Å². The molecule has 1 aromatic carbocycles. The molecule has 0 radical (unpaired) electrons. The van der Waals surface area contributed by atoms with E-state index in [0.717, 1.165) is 22.5 Å². The van der Waals surface area contributed by atoms with Crippen LogP contribution in [-0.4, -0.2) is 21.9 Å². The number of nitrogens with one attached hydrogen (secondary N) is 2. The molecule has 5 nitrogen and oxygen atoms in total. The van der Waals surface area contributed by atoms with Crippen molar-refractivity contribution in [2.75, 3.05) is 5.32 Å². The van der Waals surface area contributed by atoms with Crippen molar-refractivity contribution in [3.05, 3.63) is 24.0 Å². The summed E-state index contributed by atoms with van der Waals surface area (Å²) < 4.78 is 0. The van der Waals surface area contributed by atoms with Gasteiger partial charge in [0.2, 0.25) is 5.91 Å². The molecule has 0 aliphatic rings. The number of nitrogens with two attached hydrogens (primary N) is 1. The van der Waals surface area contributed by atoms with Crippen LogP contribution in [0.5, 0.6) is 0 Å². The summed E-state index contributed by atoms with van der Waals surface area (Å²) in [6, 6.07) is 5.08. The van der Waals surface area contributed by atoms with Crippen molar-refractivity contribution in [2.24, 2.45) is 5.73 Å². The van der Waals surface area contributed by atoms with E-state index in [2.05, 4.69) is 15.3 Å². The summed E-state index contributed by atoms with van der Waals surface area (Å²) in [6.45, 7) is 3.77. The van der Waals surface area contributed by atoms with Crippen molar-refractivity contribution < 1.29 is 4.79 Å². The number of aromatic nitrogens is 2. The third-order valence-electron chi connectivity index (χ3n) is 2.64. The lowest BCUT2D eigenvalue weighted by Gasteiger charge is -2.09. The fourth-order valence-electron chi connectivity index (χ4n) is 1.64. The predicted octanol–water partition coefficient (Wildman–Crippen LogP) is 1.55. The van der Waals surface area contributed by atoms with E-state index >= 15 is 0 Å². The highest BCUT2D eigenvalue weighted by Crippen LogP contribution is 2.17. The molecule has 0 saturated carbocycles. The summed E-state index contributed by atoms with van der Waals surface area (Å²) in [7, 11) is 0. The first kappa shape index (κ1) is 11.6. The molecule has 0 unspecified atom stereocenters. The molecule has 5 heteroatoms. The van der Waals surface area contributed by atoms with Crippen LogP contribution in [0.1, 0.15) is 19.2 Å². The molecule has 2 aromatic rings. The monoisotopic (exact) mass is 232 g/mol. The maximum absolute atomic E-state index is 11.6. The summed E-state index contributed by atoms with van der Waals surface area (Å²) in [5.74, 6) is 0.692. The molecule has 0 saturated heterocycles. The highest BCUT2D eigenvalue weighted by Gasteiger charge is 2.11. The van der Waals surface area contributed by atoms with Gasteiger partial charge in [0.05, 0.1) is 17.1 Å². The highest BCUT2D eigenvalue weighted by atomic mass is 16.2. The Morgan fingerprint density at radius 1 is 1.59 bits per heavy atom. The number of carbonyl (C=O) groups excluding carboxylic acids is 1. The second-order valence-corrected chi connectivity index (χ2v) is 4.06. The van der Waals surface area contributed by atoms with Gasteiger partial charge in [0.25, 0.3) is 0 Å². The van der Waals surface area contributed by atoms with Gasteiger partial charge >= 0.3 is 0 Å². The number of aromatic amines is 1. The van der Waals surface area contributed by atoms with E-state index in [1.165, 1.54) is 0 Å². The van der Waals surface area contributed by atoms with Crippen LogP contribution in [0.15, 0.2) is 18.2 Å². The Hall–Kier alpha value is -1.88. The number of anilines is 1. The number of hydrogen-bond acceptors (Lipinski definition) is 3. The second-order valence-electron chi connectivity index (χ2n) is 4.06. The quantitative estimate of drug-likeness (QED) is 0.750. The van der Waals surface area contributed by atoms with E-state index in [0.29, 0.717) is 6.42 Å². The zero-order chi connectivity index (χ0) is 12.4. The number of H-pyrrole nitrogens is 1. The fraction of sp³-hybridized carbons (Fsp3) is 0.333. The number of nitrogens with zero attached hydrogens (tertiary/aromatic N) is 1. The molecule has 0 aliphatic heterocycles. The number of benzene rings is 1. The Morgan fingerprint density at radius 3 is 3.06 bits per heavy atom. The van der Waals surface area contributed by atoms with Crippen LogP contribution in [0.4, 0.5) is 5.69 Å². The van der Waals surface area contributed by atoms with Gasteiger partial charge in [-0.25, -0.2) is 4.98 Å². The summed E-state index contributed by atoms with van der Waals surface area (Å²) in [5.41, 5.74) is 8.18. The number of rotatable bonds is 3. The number of imidazole rings is 1. The molecule has 1 aromatic heterocycles. The normalized spacial score (nSPS) is 12.6. The maximum Gasteiger partial charge on any atom is 0.241 e. The second kappa shape index (κ2) is 4.55. The smallest absolute Gasteiger partial charge is 0.241 e. The molecule has 1 amide bonds. The SMILES string of the molecule is CC[C@@H](N)C(=O)Nc1ccc2nc(C)[nH]c2c1. The highest BCUT2D eigenvalue weighted by molar-refractivity contribution is 5.96. The minimum absolute atomic E-state index is 0.164. The standard InChI is InChI=1S/C12H16N4O/c1-3-9(13)12(17)16-8-4-5-10-11(6-8)15-7(2)14-10/h4-6,9H,3,13H2,1-2H3,(H,14,15)(H,16,17)/t9-/m1/s1. The van der Waals surface area contributed by atoms with Crippen molar-refractivity contribution in [1.29, 1.82) is 0 Å². The van der Waals surface area contributed by atoms with Crippen LogP contribution >= 0.6 is 0 Å². The zero-order valence-corrected chi connectivity index (χ0v) is 9.95. The summed E-state index contributed by atoms with van der Waals surface area (Å²) >= 11 is 0. The first-order valence-corrected chi connectivity index (χ1v) is 5.63. The number of hydrogen-bond donors (Lipinski definition) is 3. The van der Waals surface area contributed by atoms with Crippen molar-refractivity contribution in [2.45, 2.75) is 26.3 Å². The summed E-state index contributed by atoms with van der Waals surface area (Å²) in [5, 5.41) is 2.78. The van der Waals surface area contributed by atoms with Gasteiger partial charge in [-0.05, 0) is 31.5 Å². The lowest BCUT2D eigenvalue weighted by Crippen LogP contribution is -2.34. The number of carbonyl (C=O) groups is 1. The Bertz CT molecular complexity index is 546. The fourth-order valence-corrected chi connectivity index (χ4v) is 1.64. The van der Waals surface area contributed by atoms with Crippen LogP contribution in [0.3, 0.4) is 0 Å². The van der Waals surface area contributed by atoms with Gasteiger partial charge in [-0.2, -0.15) is 0 Å². The van der Waals surface area contributed by atoms with E-state index in [1.54, 1.807) is 0 Å².